The molecule has 1 aliphatic heterocycles. The van der Waals surface area contributed by atoms with Gasteiger partial charge in [0, 0.05) is 6.04 Å². The first-order valence-electron chi connectivity index (χ1n) is 7.46. The van der Waals surface area contributed by atoms with E-state index in [2.05, 4.69) is 32.6 Å². The molecule has 16 heavy (non-hydrogen) atoms. The van der Waals surface area contributed by atoms with Crippen molar-refractivity contribution in [3.8, 4) is 0 Å². The van der Waals surface area contributed by atoms with Crippen molar-refractivity contribution in [2.45, 2.75) is 72.3 Å². The maximum absolute atomic E-state index is 2.75. The second-order valence-corrected chi connectivity index (χ2v) is 5.61. The number of hydrogen-bond acceptors (Lipinski definition) is 1. The number of hydrogen-bond donors (Lipinski definition) is 0. The van der Waals surface area contributed by atoms with Gasteiger partial charge in [0.1, 0.15) is 0 Å². The Bertz CT molecular complexity index is 170. The quantitative estimate of drug-likeness (QED) is 0.650. The molecule has 0 bridgehead atoms. The van der Waals surface area contributed by atoms with E-state index in [1.807, 2.05) is 0 Å². The van der Waals surface area contributed by atoms with Crippen LogP contribution in [0.25, 0.3) is 0 Å². The predicted molar refractivity (Wildman–Crippen MR) is 72.7 cm³/mol. The number of rotatable bonds is 6. The van der Waals surface area contributed by atoms with Crippen molar-refractivity contribution >= 4 is 0 Å². The highest BCUT2D eigenvalue weighted by atomic mass is 15.2. The Balaban J connectivity index is 2.35. The van der Waals surface area contributed by atoms with Gasteiger partial charge in [-0.3, -0.25) is 0 Å². The number of likely N-dealkylation sites (tertiary alicyclic amines) is 1. The van der Waals surface area contributed by atoms with Crippen LogP contribution in [0.4, 0.5) is 0 Å². The van der Waals surface area contributed by atoms with Gasteiger partial charge in [-0.15, -0.1) is 0 Å². The smallest absolute Gasteiger partial charge is 0.00925 e. The second-order valence-electron chi connectivity index (χ2n) is 5.61. The molecule has 0 aromatic carbocycles. The first-order chi connectivity index (χ1) is 7.72. The van der Waals surface area contributed by atoms with E-state index in [-0.39, 0.29) is 0 Å². The van der Waals surface area contributed by atoms with Crippen molar-refractivity contribution < 1.29 is 0 Å². The highest BCUT2D eigenvalue weighted by Gasteiger charge is 2.25. The van der Waals surface area contributed by atoms with Gasteiger partial charge in [0.15, 0.2) is 0 Å². The largest absolute Gasteiger partial charge is 0.300 e. The fourth-order valence-corrected chi connectivity index (χ4v) is 3.17. The molecule has 1 aliphatic rings. The monoisotopic (exact) mass is 225 g/mol. The molecular formula is C15H31N. The summed E-state index contributed by atoms with van der Waals surface area (Å²) in [5.74, 6) is 1.94. The Morgan fingerprint density at radius 1 is 1.06 bits per heavy atom. The van der Waals surface area contributed by atoms with Crippen LogP contribution < -0.4 is 0 Å². The topological polar surface area (TPSA) is 3.24 Å². The summed E-state index contributed by atoms with van der Waals surface area (Å²) >= 11 is 0. The Kier molecular flexibility index (Phi) is 6.41. The molecule has 0 saturated carbocycles. The first-order valence-corrected chi connectivity index (χ1v) is 7.46. The van der Waals surface area contributed by atoms with Crippen LogP contribution in [0.3, 0.4) is 0 Å². The first kappa shape index (κ1) is 14.0. The second kappa shape index (κ2) is 7.32. The van der Waals surface area contributed by atoms with Crippen molar-refractivity contribution in [2.24, 2.45) is 11.8 Å². The number of piperidine rings is 1. The van der Waals surface area contributed by atoms with Gasteiger partial charge in [-0.1, -0.05) is 40.5 Å². The maximum Gasteiger partial charge on any atom is 0.00925 e. The minimum absolute atomic E-state index is 0.864. The molecule has 96 valence electrons. The van der Waals surface area contributed by atoms with E-state index in [1.165, 1.54) is 51.6 Å². The minimum atomic E-state index is 0.864. The minimum Gasteiger partial charge on any atom is -0.300 e. The summed E-state index contributed by atoms with van der Waals surface area (Å²) in [6, 6.07) is 0.864. The van der Waals surface area contributed by atoms with E-state index in [0.717, 1.165) is 17.9 Å². The summed E-state index contributed by atoms with van der Waals surface area (Å²) in [5, 5.41) is 0. The lowest BCUT2D eigenvalue weighted by Gasteiger charge is -2.39. The Morgan fingerprint density at radius 2 is 1.69 bits per heavy atom. The third-order valence-electron chi connectivity index (χ3n) is 4.63. The molecule has 0 spiro atoms. The summed E-state index contributed by atoms with van der Waals surface area (Å²) in [5.41, 5.74) is 0. The lowest BCUT2D eigenvalue weighted by Crippen LogP contribution is -2.42. The molecule has 0 aromatic heterocycles. The molecule has 1 nitrogen and oxygen atoms in total. The Hall–Kier alpha value is -0.0400. The summed E-state index contributed by atoms with van der Waals surface area (Å²) in [6.45, 7) is 12.1. The van der Waals surface area contributed by atoms with E-state index in [9.17, 15) is 0 Å². The van der Waals surface area contributed by atoms with Gasteiger partial charge in [-0.05, 0) is 50.6 Å². The van der Waals surface area contributed by atoms with E-state index in [4.69, 9.17) is 0 Å². The van der Waals surface area contributed by atoms with Gasteiger partial charge in [-0.25, -0.2) is 0 Å². The Morgan fingerprint density at radius 3 is 2.12 bits per heavy atom. The van der Waals surface area contributed by atoms with E-state index in [1.54, 1.807) is 0 Å². The van der Waals surface area contributed by atoms with Gasteiger partial charge in [0.2, 0.25) is 0 Å². The normalized spacial score (nSPS) is 23.2. The van der Waals surface area contributed by atoms with E-state index < -0.39 is 0 Å². The fourth-order valence-electron chi connectivity index (χ4n) is 3.17. The zero-order valence-electron chi connectivity index (χ0n) is 11.8. The van der Waals surface area contributed by atoms with E-state index >= 15 is 0 Å². The van der Waals surface area contributed by atoms with Crippen LogP contribution >= 0.6 is 0 Å². The van der Waals surface area contributed by atoms with Crippen LogP contribution in [0.1, 0.15) is 66.2 Å². The van der Waals surface area contributed by atoms with E-state index in [0.29, 0.717) is 0 Å². The molecule has 1 rings (SSSR count). The average Bonchev–Trinajstić information content (AvgIpc) is 2.35. The van der Waals surface area contributed by atoms with Crippen LogP contribution in [0.15, 0.2) is 0 Å². The molecule has 1 heterocycles. The third-order valence-corrected chi connectivity index (χ3v) is 4.63. The van der Waals surface area contributed by atoms with Crippen molar-refractivity contribution in [3.05, 3.63) is 0 Å². The molecular weight excluding hydrogens is 194 g/mol. The SMILES string of the molecule is CCCC(CC)N1CCC(C(C)CC)CC1. The van der Waals surface area contributed by atoms with Gasteiger partial charge in [-0.2, -0.15) is 0 Å². The zero-order chi connectivity index (χ0) is 12.0. The van der Waals surface area contributed by atoms with Gasteiger partial charge < -0.3 is 4.90 Å². The molecule has 0 amide bonds. The van der Waals surface area contributed by atoms with Crippen molar-refractivity contribution in [2.75, 3.05) is 13.1 Å². The molecule has 0 aliphatic carbocycles. The molecule has 1 saturated heterocycles. The van der Waals surface area contributed by atoms with Crippen LogP contribution in [0, 0.1) is 11.8 Å². The highest BCUT2D eigenvalue weighted by molar-refractivity contribution is 4.79. The standard InChI is InChI=1S/C15H31N/c1-5-8-15(7-3)16-11-9-14(10-12-16)13(4)6-2/h13-15H,5-12H2,1-4H3. The lowest BCUT2D eigenvalue weighted by atomic mass is 9.83. The van der Waals surface area contributed by atoms with Crippen LogP contribution in [0.2, 0.25) is 0 Å². The Labute approximate surface area is 103 Å². The molecule has 0 radical (unpaired) electrons. The van der Waals surface area contributed by atoms with Gasteiger partial charge in [0.25, 0.3) is 0 Å². The van der Waals surface area contributed by atoms with Gasteiger partial charge >= 0.3 is 0 Å². The summed E-state index contributed by atoms with van der Waals surface area (Å²) in [6.07, 6.45) is 8.30. The highest BCUT2D eigenvalue weighted by Crippen LogP contribution is 2.28. The van der Waals surface area contributed by atoms with Gasteiger partial charge in [0.05, 0.1) is 0 Å². The maximum atomic E-state index is 2.75. The predicted octanol–water partition coefficient (Wildman–Crippen LogP) is 4.32. The molecule has 2 atom stereocenters. The van der Waals surface area contributed by atoms with Crippen LogP contribution in [0.5, 0.6) is 0 Å². The summed E-state index contributed by atoms with van der Waals surface area (Å²) in [4.78, 5) is 2.75. The van der Waals surface area contributed by atoms with Crippen LogP contribution in [-0.4, -0.2) is 24.0 Å². The van der Waals surface area contributed by atoms with Crippen molar-refractivity contribution in [1.82, 2.24) is 4.90 Å². The van der Waals surface area contributed by atoms with Crippen molar-refractivity contribution in [1.29, 1.82) is 0 Å². The number of nitrogens with zero attached hydrogens (tertiary/aromatic N) is 1. The molecule has 2 unspecified atom stereocenters. The van der Waals surface area contributed by atoms with Crippen LogP contribution in [-0.2, 0) is 0 Å². The zero-order valence-corrected chi connectivity index (χ0v) is 11.8. The molecule has 1 fully saturated rings. The molecule has 0 N–H and O–H groups in total. The average molecular weight is 225 g/mol. The molecule has 1 heteroatoms. The summed E-state index contributed by atoms with van der Waals surface area (Å²) in [7, 11) is 0. The molecule has 0 aromatic rings. The summed E-state index contributed by atoms with van der Waals surface area (Å²) < 4.78 is 0. The third kappa shape index (κ3) is 3.76. The van der Waals surface area contributed by atoms with Crippen molar-refractivity contribution in [3.63, 3.8) is 0 Å². The lowest BCUT2D eigenvalue weighted by molar-refractivity contribution is 0.102. The fraction of sp³-hybridized carbons (Fsp3) is 1.00.